The summed E-state index contributed by atoms with van der Waals surface area (Å²) in [6.07, 6.45) is 6.62. The number of hydrogen-bond donors (Lipinski definition) is 4. The number of methoxy groups -OCH3 is 1. The van der Waals surface area contributed by atoms with Gasteiger partial charge in [-0.2, -0.15) is 0 Å². The molecular formula is C32H32N4O6. The van der Waals surface area contributed by atoms with Crippen LogP contribution in [0.2, 0.25) is 0 Å². The Morgan fingerprint density at radius 3 is 2.24 bits per heavy atom. The lowest BCUT2D eigenvalue weighted by molar-refractivity contribution is -0.149. The zero-order chi connectivity index (χ0) is 30.2. The van der Waals surface area contributed by atoms with Crippen molar-refractivity contribution in [3.8, 4) is 23.8 Å². The molecule has 10 heteroatoms. The number of hydrogen-bond acceptors (Lipinski definition) is 7. The van der Waals surface area contributed by atoms with E-state index in [1.807, 2.05) is 4.90 Å². The van der Waals surface area contributed by atoms with Crippen LogP contribution in [0, 0.1) is 23.7 Å². The molecule has 3 aromatic carbocycles. The number of carbonyl (C=O) groups excluding carboxylic acids is 3. The minimum absolute atomic E-state index is 0.00848. The molecule has 0 bridgehead atoms. The van der Waals surface area contributed by atoms with Crippen molar-refractivity contribution in [2.75, 3.05) is 37.4 Å². The highest BCUT2D eigenvalue weighted by Gasteiger charge is 2.27. The summed E-state index contributed by atoms with van der Waals surface area (Å²) < 4.78 is 10.5. The van der Waals surface area contributed by atoms with Gasteiger partial charge in [0.25, 0.3) is 11.8 Å². The zero-order valence-electron chi connectivity index (χ0n) is 23.4. The fraction of sp³-hybridized carbons (Fsp3) is 0.250. The van der Waals surface area contributed by atoms with E-state index < -0.39 is 11.8 Å². The van der Waals surface area contributed by atoms with Crippen molar-refractivity contribution in [1.82, 2.24) is 4.90 Å². The van der Waals surface area contributed by atoms with Crippen molar-refractivity contribution in [2.45, 2.75) is 19.8 Å². The first-order valence-corrected chi connectivity index (χ1v) is 13.4. The number of rotatable bonds is 8. The number of carbonyl (C=O) groups is 3. The molecule has 0 unspecified atom stereocenters. The third kappa shape index (κ3) is 6.88. The van der Waals surface area contributed by atoms with Crippen LogP contribution in [0.4, 0.5) is 11.4 Å². The molecule has 42 heavy (non-hydrogen) atoms. The minimum atomic E-state index is -0.580. The minimum Gasteiger partial charge on any atom is -0.508 e. The van der Waals surface area contributed by atoms with Gasteiger partial charge < -0.3 is 30.1 Å². The van der Waals surface area contributed by atoms with Gasteiger partial charge in [0.05, 0.1) is 30.9 Å². The number of phenolic OH excluding ortho intramolecular Hbond substituents is 1. The maximum absolute atomic E-state index is 13.2. The topological polar surface area (TPSA) is 141 Å². The Balaban J connectivity index is 1.47. The van der Waals surface area contributed by atoms with Crippen molar-refractivity contribution >= 4 is 35.0 Å². The maximum Gasteiger partial charge on any atom is 0.309 e. The Bertz CT molecular complexity index is 1520. The summed E-state index contributed by atoms with van der Waals surface area (Å²) in [7, 11) is 1.36. The fourth-order valence-electron chi connectivity index (χ4n) is 4.66. The molecule has 4 rings (SSSR count). The summed E-state index contributed by atoms with van der Waals surface area (Å²) in [5.74, 6) is 1.25. The summed E-state index contributed by atoms with van der Waals surface area (Å²) in [4.78, 5) is 40.3. The van der Waals surface area contributed by atoms with Gasteiger partial charge in [-0.15, -0.1) is 6.42 Å². The number of nitrogens with one attached hydrogen (secondary N) is 3. The number of ether oxygens (including phenoxy) is 2. The molecule has 1 fully saturated rings. The van der Waals surface area contributed by atoms with Crippen LogP contribution < -0.4 is 15.4 Å². The largest absolute Gasteiger partial charge is 0.508 e. The van der Waals surface area contributed by atoms with Gasteiger partial charge in [-0.05, 0) is 62.2 Å². The number of aromatic hydroxyl groups is 1. The maximum atomic E-state index is 13.2. The molecule has 3 aromatic rings. The molecule has 1 heterocycles. The van der Waals surface area contributed by atoms with Crippen molar-refractivity contribution in [2.24, 2.45) is 5.92 Å². The van der Waals surface area contributed by atoms with Crippen LogP contribution in [-0.4, -0.2) is 60.4 Å². The first-order valence-electron chi connectivity index (χ1n) is 13.4. The Morgan fingerprint density at radius 2 is 1.64 bits per heavy atom. The molecule has 1 saturated heterocycles. The lowest BCUT2D eigenvalue weighted by Gasteiger charge is -2.32. The first-order chi connectivity index (χ1) is 20.2. The number of terminal acetylenes is 1. The highest BCUT2D eigenvalue weighted by Crippen LogP contribution is 2.34. The van der Waals surface area contributed by atoms with Crippen molar-refractivity contribution in [1.29, 1.82) is 5.41 Å². The summed E-state index contributed by atoms with van der Waals surface area (Å²) in [5.41, 5.74) is 2.12. The third-order valence-corrected chi connectivity index (χ3v) is 6.95. The van der Waals surface area contributed by atoms with Gasteiger partial charge in [0.15, 0.2) is 0 Å². The fourth-order valence-corrected chi connectivity index (χ4v) is 4.66. The standard InChI is InChI=1S/C32H32N4O6/c1-4-20-6-12-24(13-7-20)34-31(39)26-18-25(37)19-27(41-3)28(26)35-30(38)22-10-8-21(9-11-22)29(33)36-16-14-23(15-17-36)32(40)42-5-2/h1,6-13,18-19,23,33,37H,5,14-17H2,2-3H3,(H,34,39)(H,35,38). The molecule has 0 aliphatic carbocycles. The molecular weight excluding hydrogens is 536 g/mol. The van der Waals surface area contributed by atoms with Crippen LogP contribution in [0.15, 0.2) is 60.7 Å². The monoisotopic (exact) mass is 568 g/mol. The SMILES string of the molecule is C#Cc1ccc(NC(=O)c2cc(O)cc(OC)c2NC(=O)c2ccc(C(=N)N3CCC(C(=O)OCC)CC3)cc2)cc1. The summed E-state index contributed by atoms with van der Waals surface area (Å²) in [6.45, 7) is 3.26. The second-order valence-corrected chi connectivity index (χ2v) is 9.64. The molecule has 2 amide bonds. The zero-order valence-corrected chi connectivity index (χ0v) is 23.4. The molecule has 10 nitrogen and oxygen atoms in total. The van der Waals surface area contributed by atoms with E-state index in [0.29, 0.717) is 60.8 Å². The number of phenols is 1. The number of esters is 1. The normalized spacial score (nSPS) is 13.0. The predicted molar refractivity (Wildman–Crippen MR) is 159 cm³/mol. The van der Waals surface area contributed by atoms with Crippen LogP contribution in [0.1, 0.15) is 51.6 Å². The van der Waals surface area contributed by atoms with E-state index in [4.69, 9.17) is 21.3 Å². The molecule has 216 valence electrons. The molecule has 1 aliphatic heterocycles. The molecule has 0 spiro atoms. The number of nitrogens with zero attached hydrogens (tertiary/aromatic N) is 1. The lowest BCUT2D eigenvalue weighted by Crippen LogP contribution is -2.40. The van der Waals surface area contributed by atoms with E-state index in [-0.39, 0.29) is 34.6 Å². The second-order valence-electron chi connectivity index (χ2n) is 9.64. The molecule has 0 atom stereocenters. The Labute approximate surface area is 244 Å². The Morgan fingerprint density at radius 1 is 1.00 bits per heavy atom. The van der Waals surface area contributed by atoms with Gasteiger partial charge in [0, 0.05) is 41.5 Å². The third-order valence-electron chi connectivity index (χ3n) is 6.95. The predicted octanol–water partition coefficient (Wildman–Crippen LogP) is 4.49. The number of likely N-dealkylation sites (tertiary alicyclic amines) is 1. The van der Waals surface area contributed by atoms with Crippen molar-refractivity contribution in [3.05, 3.63) is 82.9 Å². The molecule has 0 radical (unpaired) electrons. The second kappa shape index (κ2) is 13.4. The van der Waals surface area contributed by atoms with E-state index in [0.717, 1.165) is 0 Å². The summed E-state index contributed by atoms with van der Waals surface area (Å²) >= 11 is 0. The van der Waals surface area contributed by atoms with E-state index in [2.05, 4.69) is 16.6 Å². The number of piperidine rings is 1. The van der Waals surface area contributed by atoms with Crippen molar-refractivity contribution in [3.63, 3.8) is 0 Å². The van der Waals surface area contributed by atoms with Gasteiger partial charge in [-0.1, -0.05) is 18.1 Å². The van der Waals surface area contributed by atoms with Crippen LogP contribution >= 0.6 is 0 Å². The quantitative estimate of drug-likeness (QED) is 0.103. The number of amides is 2. The lowest BCUT2D eigenvalue weighted by atomic mass is 9.96. The highest BCUT2D eigenvalue weighted by molar-refractivity contribution is 6.14. The number of benzene rings is 3. The van der Waals surface area contributed by atoms with Crippen LogP contribution in [0.5, 0.6) is 11.5 Å². The van der Waals surface area contributed by atoms with Gasteiger partial charge in [0.2, 0.25) is 0 Å². The smallest absolute Gasteiger partial charge is 0.309 e. The molecule has 0 saturated carbocycles. The van der Waals surface area contributed by atoms with E-state index in [1.165, 1.54) is 19.2 Å². The van der Waals surface area contributed by atoms with Crippen LogP contribution in [0.25, 0.3) is 0 Å². The van der Waals surface area contributed by atoms with Crippen LogP contribution in [0.3, 0.4) is 0 Å². The van der Waals surface area contributed by atoms with Crippen LogP contribution in [-0.2, 0) is 9.53 Å². The highest BCUT2D eigenvalue weighted by atomic mass is 16.5. The van der Waals surface area contributed by atoms with E-state index in [9.17, 15) is 19.5 Å². The number of anilines is 2. The molecule has 1 aliphatic rings. The summed E-state index contributed by atoms with van der Waals surface area (Å²) in [6, 6.07) is 15.7. The number of amidine groups is 1. The summed E-state index contributed by atoms with van der Waals surface area (Å²) in [5, 5.41) is 24.3. The van der Waals surface area contributed by atoms with Gasteiger partial charge >= 0.3 is 5.97 Å². The van der Waals surface area contributed by atoms with Gasteiger partial charge in [0.1, 0.15) is 17.3 Å². The van der Waals surface area contributed by atoms with Crippen molar-refractivity contribution < 1.29 is 29.0 Å². The van der Waals surface area contributed by atoms with Gasteiger partial charge in [-0.3, -0.25) is 19.8 Å². The average molecular weight is 569 g/mol. The van der Waals surface area contributed by atoms with E-state index >= 15 is 0 Å². The molecule has 4 N–H and O–H groups in total. The Kier molecular flexibility index (Phi) is 9.45. The average Bonchev–Trinajstić information content (AvgIpc) is 3.01. The molecule has 0 aromatic heterocycles. The van der Waals surface area contributed by atoms with Gasteiger partial charge in [-0.25, -0.2) is 0 Å². The first kappa shape index (κ1) is 29.7. The Hall–Kier alpha value is -5.30. The van der Waals surface area contributed by atoms with E-state index in [1.54, 1.807) is 55.5 Å².